The molecule has 1 rings (SSSR count). The molecule has 1 aliphatic heterocycles. The number of rotatable bonds is 6. The van der Waals surface area contributed by atoms with Gasteiger partial charge in [0.15, 0.2) is 0 Å². The lowest BCUT2D eigenvalue weighted by Crippen LogP contribution is -2.41. The number of esters is 1. The standard InChI is InChI=1S/C13H24O3Si/c1-4-12(14)16-11(2)7-9-13(17-3)8-5-6-10-15-13/h4,11H,1,5-10,17H2,2-3H3. The molecule has 0 spiro atoms. The molecule has 0 radical (unpaired) electrons. The molecule has 0 aromatic carbocycles. The van der Waals surface area contributed by atoms with Crippen molar-refractivity contribution >= 4 is 15.5 Å². The monoisotopic (exact) mass is 256 g/mol. The van der Waals surface area contributed by atoms with Gasteiger partial charge >= 0.3 is 5.97 Å². The normalized spacial score (nSPS) is 26.9. The van der Waals surface area contributed by atoms with Crippen molar-refractivity contribution in [3.05, 3.63) is 12.7 Å². The van der Waals surface area contributed by atoms with E-state index < -0.39 is 0 Å². The van der Waals surface area contributed by atoms with Crippen LogP contribution in [0.3, 0.4) is 0 Å². The van der Waals surface area contributed by atoms with Crippen molar-refractivity contribution in [1.82, 2.24) is 0 Å². The van der Waals surface area contributed by atoms with Crippen molar-refractivity contribution < 1.29 is 14.3 Å². The molecule has 0 saturated carbocycles. The van der Waals surface area contributed by atoms with Gasteiger partial charge in [-0.05, 0) is 39.0 Å². The van der Waals surface area contributed by atoms with E-state index in [1.54, 1.807) is 0 Å². The molecule has 1 saturated heterocycles. The highest BCUT2D eigenvalue weighted by molar-refractivity contribution is 6.37. The third-order valence-corrected chi connectivity index (χ3v) is 5.77. The molecule has 0 bridgehead atoms. The number of hydrogen-bond acceptors (Lipinski definition) is 3. The van der Waals surface area contributed by atoms with Crippen molar-refractivity contribution in [1.29, 1.82) is 0 Å². The first-order valence-electron chi connectivity index (χ1n) is 6.59. The summed E-state index contributed by atoms with van der Waals surface area (Å²) in [5.74, 6) is -0.329. The zero-order chi connectivity index (χ0) is 12.7. The molecule has 98 valence electrons. The lowest BCUT2D eigenvalue weighted by Gasteiger charge is -2.37. The first-order chi connectivity index (χ1) is 8.12. The summed E-state index contributed by atoms with van der Waals surface area (Å²) >= 11 is 0. The summed E-state index contributed by atoms with van der Waals surface area (Å²) < 4.78 is 11.2. The third kappa shape index (κ3) is 4.64. The van der Waals surface area contributed by atoms with Crippen molar-refractivity contribution in [3.8, 4) is 0 Å². The minimum atomic E-state index is -0.329. The van der Waals surface area contributed by atoms with Gasteiger partial charge in [0.05, 0.1) is 20.8 Å². The molecule has 0 aromatic heterocycles. The zero-order valence-corrected chi connectivity index (χ0v) is 12.5. The average molecular weight is 256 g/mol. The lowest BCUT2D eigenvalue weighted by molar-refractivity contribution is -0.143. The Morgan fingerprint density at radius 1 is 1.65 bits per heavy atom. The predicted octanol–water partition coefficient (Wildman–Crippen LogP) is 2.00. The van der Waals surface area contributed by atoms with Crippen LogP contribution in [-0.2, 0) is 14.3 Å². The van der Waals surface area contributed by atoms with Crippen molar-refractivity contribution in [2.45, 2.75) is 56.9 Å². The molecular weight excluding hydrogens is 232 g/mol. The van der Waals surface area contributed by atoms with Crippen LogP contribution in [0.1, 0.15) is 39.0 Å². The summed E-state index contributed by atoms with van der Waals surface area (Å²) in [7, 11) is -0.197. The summed E-state index contributed by atoms with van der Waals surface area (Å²) in [4.78, 5) is 11.1. The largest absolute Gasteiger partial charge is 0.460 e. The fourth-order valence-corrected chi connectivity index (χ4v) is 3.84. The maximum absolute atomic E-state index is 11.1. The number of hydrogen-bond donors (Lipinski definition) is 0. The van der Waals surface area contributed by atoms with E-state index in [1.807, 2.05) is 6.92 Å². The summed E-state index contributed by atoms with van der Waals surface area (Å²) in [5.41, 5.74) is 0. The number of ether oxygens (including phenoxy) is 2. The minimum Gasteiger partial charge on any atom is -0.460 e. The molecule has 3 nitrogen and oxygen atoms in total. The SMILES string of the molecule is C=CC(=O)OC(C)CCC1([SiH2]C)CCCCO1. The zero-order valence-electron chi connectivity index (χ0n) is 11.0. The molecule has 0 amide bonds. The van der Waals surface area contributed by atoms with Gasteiger partial charge in [0.2, 0.25) is 0 Å². The Kier molecular flexibility index (Phi) is 5.92. The van der Waals surface area contributed by atoms with Gasteiger partial charge in [0, 0.05) is 12.7 Å². The van der Waals surface area contributed by atoms with Crippen molar-refractivity contribution in [2.75, 3.05) is 6.61 Å². The van der Waals surface area contributed by atoms with Crippen LogP contribution in [0.4, 0.5) is 0 Å². The maximum atomic E-state index is 11.1. The average Bonchev–Trinajstić information content (AvgIpc) is 2.37. The Morgan fingerprint density at radius 3 is 2.94 bits per heavy atom. The van der Waals surface area contributed by atoms with Crippen LogP contribution in [0, 0.1) is 0 Å². The van der Waals surface area contributed by atoms with E-state index >= 15 is 0 Å². The molecule has 0 aromatic rings. The van der Waals surface area contributed by atoms with Crippen LogP contribution >= 0.6 is 0 Å². The molecule has 1 heterocycles. The molecule has 2 unspecified atom stereocenters. The van der Waals surface area contributed by atoms with Crippen molar-refractivity contribution in [2.24, 2.45) is 0 Å². The second-order valence-electron chi connectivity index (χ2n) is 4.83. The Balaban J connectivity index is 2.36. The van der Waals surface area contributed by atoms with Gasteiger partial charge in [0.25, 0.3) is 0 Å². The van der Waals surface area contributed by atoms with E-state index in [4.69, 9.17) is 9.47 Å². The molecule has 1 fully saturated rings. The molecule has 0 aliphatic carbocycles. The summed E-state index contributed by atoms with van der Waals surface area (Å²) in [5, 5.41) is 0.160. The highest BCUT2D eigenvalue weighted by Gasteiger charge is 2.31. The van der Waals surface area contributed by atoms with Gasteiger partial charge in [-0.2, -0.15) is 0 Å². The Bertz CT molecular complexity index is 259. The van der Waals surface area contributed by atoms with Crippen LogP contribution in [0.25, 0.3) is 0 Å². The van der Waals surface area contributed by atoms with Crippen LogP contribution in [0.15, 0.2) is 12.7 Å². The summed E-state index contributed by atoms with van der Waals surface area (Å²) in [6.45, 7) is 8.56. The van der Waals surface area contributed by atoms with E-state index in [0.29, 0.717) is 0 Å². The number of carbonyl (C=O) groups excluding carboxylic acids is 1. The highest BCUT2D eigenvalue weighted by Crippen LogP contribution is 2.29. The van der Waals surface area contributed by atoms with E-state index in [1.165, 1.54) is 25.3 Å². The van der Waals surface area contributed by atoms with Gasteiger partial charge in [-0.15, -0.1) is 0 Å². The molecule has 1 aliphatic rings. The van der Waals surface area contributed by atoms with Gasteiger partial charge in [-0.3, -0.25) is 0 Å². The third-order valence-electron chi connectivity index (χ3n) is 3.57. The fourth-order valence-electron chi connectivity index (χ4n) is 2.33. The van der Waals surface area contributed by atoms with E-state index in [0.717, 1.165) is 19.4 Å². The first-order valence-corrected chi connectivity index (χ1v) is 8.71. The Morgan fingerprint density at radius 2 is 2.41 bits per heavy atom. The van der Waals surface area contributed by atoms with E-state index in [9.17, 15) is 4.79 Å². The second kappa shape index (κ2) is 6.96. The Labute approximate surface area is 106 Å². The van der Waals surface area contributed by atoms with Gasteiger partial charge in [0.1, 0.15) is 0 Å². The Hall–Kier alpha value is -0.613. The summed E-state index contributed by atoms with van der Waals surface area (Å²) in [6, 6.07) is 0. The molecule has 17 heavy (non-hydrogen) atoms. The highest BCUT2D eigenvalue weighted by atomic mass is 28.2. The maximum Gasteiger partial charge on any atom is 0.330 e. The summed E-state index contributed by atoms with van der Waals surface area (Å²) in [6.07, 6.45) is 6.76. The van der Waals surface area contributed by atoms with Crippen molar-refractivity contribution in [3.63, 3.8) is 0 Å². The van der Waals surface area contributed by atoms with Crippen LogP contribution in [-0.4, -0.2) is 33.4 Å². The van der Waals surface area contributed by atoms with E-state index in [-0.39, 0.29) is 26.8 Å². The molecule has 4 heteroatoms. The topological polar surface area (TPSA) is 35.5 Å². The fraction of sp³-hybridized carbons (Fsp3) is 0.769. The van der Waals surface area contributed by atoms with Gasteiger partial charge in [-0.1, -0.05) is 13.1 Å². The predicted molar refractivity (Wildman–Crippen MR) is 71.9 cm³/mol. The van der Waals surface area contributed by atoms with Crippen LogP contribution in [0.5, 0.6) is 0 Å². The minimum absolute atomic E-state index is 0.0385. The first kappa shape index (κ1) is 14.4. The van der Waals surface area contributed by atoms with Crippen LogP contribution < -0.4 is 0 Å². The molecule has 2 atom stereocenters. The number of carbonyl (C=O) groups is 1. The van der Waals surface area contributed by atoms with Crippen LogP contribution in [0.2, 0.25) is 6.55 Å². The van der Waals surface area contributed by atoms with Gasteiger partial charge < -0.3 is 9.47 Å². The molecular formula is C13H24O3Si. The lowest BCUT2D eigenvalue weighted by atomic mass is 10.0. The smallest absolute Gasteiger partial charge is 0.330 e. The molecule has 0 N–H and O–H groups in total. The quantitative estimate of drug-likeness (QED) is 0.414. The van der Waals surface area contributed by atoms with Gasteiger partial charge in [-0.25, -0.2) is 4.79 Å². The van der Waals surface area contributed by atoms with E-state index in [2.05, 4.69) is 13.1 Å². The second-order valence-corrected chi connectivity index (χ2v) is 6.83.